The summed E-state index contributed by atoms with van der Waals surface area (Å²) in [5, 5.41) is 0. The van der Waals surface area contributed by atoms with Gasteiger partial charge in [-0.25, -0.2) is 4.79 Å². The van der Waals surface area contributed by atoms with E-state index in [1.807, 2.05) is 39.8 Å². The van der Waals surface area contributed by atoms with Crippen LogP contribution in [0, 0.1) is 19.8 Å². The first-order chi connectivity index (χ1) is 8.43. The average Bonchev–Trinajstić information content (AvgIpc) is 2.24. The first kappa shape index (κ1) is 14.6. The minimum atomic E-state index is -0.550. The number of esters is 1. The van der Waals surface area contributed by atoms with Crippen LogP contribution in [0.4, 0.5) is 0 Å². The Morgan fingerprint density at radius 3 is 2.17 bits per heavy atom. The number of hydrogen-bond acceptors (Lipinski definition) is 3. The molecule has 0 radical (unpaired) electrons. The van der Waals surface area contributed by atoms with E-state index in [0.717, 1.165) is 16.9 Å². The van der Waals surface area contributed by atoms with Crippen molar-refractivity contribution < 1.29 is 14.3 Å². The maximum absolute atomic E-state index is 11.8. The van der Waals surface area contributed by atoms with Crippen LogP contribution in [-0.4, -0.2) is 18.7 Å². The van der Waals surface area contributed by atoms with Gasteiger partial charge in [0.25, 0.3) is 0 Å². The van der Waals surface area contributed by atoms with Gasteiger partial charge in [-0.2, -0.15) is 0 Å². The highest BCUT2D eigenvalue weighted by Gasteiger charge is 2.25. The van der Waals surface area contributed by atoms with Crippen LogP contribution in [0.1, 0.15) is 31.9 Å². The van der Waals surface area contributed by atoms with Gasteiger partial charge in [-0.3, -0.25) is 0 Å². The van der Waals surface area contributed by atoms with Crippen molar-refractivity contribution in [1.82, 2.24) is 0 Å². The molecule has 0 fully saturated rings. The van der Waals surface area contributed by atoms with Gasteiger partial charge in [0, 0.05) is 5.92 Å². The lowest BCUT2D eigenvalue weighted by molar-refractivity contribution is -0.153. The molecule has 0 heterocycles. The van der Waals surface area contributed by atoms with Gasteiger partial charge in [0.15, 0.2) is 6.10 Å². The smallest absolute Gasteiger partial charge is 0.347 e. The highest BCUT2D eigenvalue weighted by molar-refractivity contribution is 5.75. The van der Waals surface area contributed by atoms with Crippen LogP contribution in [0.15, 0.2) is 18.2 Å². The van der Waals surface area contributed by atoms with E-state index in [1.165, 1.54) is 0 Å². The van der Waals surface area contributed by atoms with Crippen LogP contribution < -0.4 is 4.74 Å². The normalized spacial score (nSPS) is 12.3. The molecule has 0 aliphatic carbocycles. The van der Waals surface area contributed by atoms with Gasteiger partial charge in [-0.1, -0.05) is 19.9 Å². The number of rotatable bonds is 5. The molecule has 1 aromatic rings. The molecular formula is C15H22O3. The second-order valence-corrected chi connectivity index (χ2v) is 4.86. The fourth-order valence-corrected chi connectivity index (χ4v) is 1.83. The Labute approximate surface area is 109 Å². The summed E-state index contributed by atoms with van der Waals surface area (Å²) in [4.78, 5) is 11.8. The van der Waals surface area contributed by atoms with Gasteiger partial charge < -0.3 is 9.47 Å². The molecule has 0 bridgehead atoms. The summed E-state index contributed by atoms with van der Waals surface area (Å²) < 4.78 is 10.8. The summed E-state index contributed by atoms with van der Waals surface area (Å²) in [6.07, 6.45) is -0.550. The van der Waals surface area contributed by atoms with Gasteiger partial charge in [-0.15, -0.1) is 0 Å². The molecule has 18 heavy (non-hydrogen) atoms. The Morgan fingerprint density at radius 2 is 1.72 bits per heavy atom. The number of benzene rings is 1. The van der Waals surface area contributed by atoms with E-state index in [1.54, 1.807) is 6.92 Å². The molecule has 1 unspecified atom stereocenters. The maximum Gasteiger partial charge on any atom is 0.347 e. The standard InChI is InChI=1S/C15H22O3/c1-6-17-15(16)14(10(2)3)18-13-8-11(4)7-12(5)9-13/h7-10,14H,6H2,1-5H3. The molecule has 3 heteroatoms. The second kappa shape index (κ2) is 6.43. The van der Waals surface area contributed by atoms with Gasteiger partial charge in [0.2, 0.25) is 0 Å². The SMILES string of the molecule is CCOC(=O)C(Oc1cc(C)cc(C)c1)C(C)C. The van der Waals surface area contributed by atoms with Crippen molar-refractivity contribution in [2.75, 3.05) is 6.61 Å². The predicted octanol–water partition coefficient (Wildman–Crippen LogP) is 3.27. The number of ether oxygens (including phenoxy) is 2. The van der Waals surface area contributed by atoms with Crippen molar-refractivity contribution in [2.45, 2.75) is 40.7 Å². The Morgan fingerprint density at radius 1 is 1.17 bits per heavy atom. The van der Waals surface area contributed by atoms with E-state index in [4.69, 9.17) is 9.47 Å². The van der Waals surface area contributed by atoms with Gasteiger partial charge >= 0.3 is 5.97 Å². The lowest BCUT2D eigenvalue weighted by Crippen LogP contribution is -2.34. The third-order valence-corrected chi connectivity index (χ3v) is 2.58. The molecule has 1 aromatic carbocycles. The topological polar surface area (TPSA) is 35.5 Å². The summed E-state index contributed by atoms with van der Waals surface area (Å²) in [5.74, 6) is 0.496. The fourth-order valence-electron chi connectivity index (χ4n) is 1.83. The molecule has 0 aliphatic heterocycles. The van der Waals surface area contributed by atoms with Crippen molar-refractivity contribution in [3.8, 4) is 5.75 Å². The summed E-state index contributed by atoms with van der Waals surface area (Å²) in [7, 11) is 0. The van der Waals surface area contributed by atoms with E-state index >= 15 is 0 Å². The lowest BCUT2D eigenvalue weighted by atomic mass is 10.1. The van der Waals surface area contributed by atoms with Gasteiger partial charge in [0.05, 0.1) is 6.61 Å². The van der Waals surface area contributed by atoms with Crippen LogP contribution in [0.3, 0.4) is 0 Å². The van der Waals surface area contributed by atoms with Crippen molar-refractivity contribution in [2.24, 2.45) is 5.92 Å². The van der Waals surface area contributed by atoms with Gasteiger partial charge in [0.1, 0.15) is 5.75 Å². The van der Waals surface area contributed by atoms with Crippen LogP contribution >= 0.6 is 0 Å². The zero-order valence-corrected chi connectivity index (χ0v) is 11.8. The van der Waals surface area contributed by atoms with E-state index < -0.39 is 6.10 Å². The predicted molar refractivity (Wildman–Crippen MR) is 71.8 cm³/mol. The summed E-state index contributed by atoms with van der Waals surface area (Å²) in [5.41, 5.74) is 2.24. The minimum Gasteiger partial charge on any atom is -0.478 e. The molecule has 0 saturated carbocycles. The highest BCUT2D eigenvalue weighted by Crippen LogP contribution is 2.20. The monoisotopic (exact) mass is 250 g/mol. The maximum atomic E-state index is 11.8. The Bertz CT molecular complexity index is 390. The first-order valence-electron chi connectivity index (χ1n) is 6.35. The Balaban J connectivity index is 2.86. The third-order valence-electron chi connectivity index (χ3n) is 2.58. The minimum absolute atomic E-state index is 0.0740. The Hall–Kier alpha value is -1.51. The van der Waals surface area contributed by atoms with Crippen LogP contribution in [0.5, 0.6) is 5.75 Å². The molecule has 1 atom stereocenters. The summed E-state index contributed by atoms with van der Waals surface area (Å²) in [6, 6.07) is 5.94. The van der Waals surface area contributed by atoms with Crippen LogP contribution in [0.25, 0.3) is 0 Å². The average molecular weight is 250 g/mol. The molecule has 0 aliphatic rings. The largest absolute Gasteiger partial charge is 0.478 e. The highest BCUT2D eigenvalue weighted by atomic mass is 16.6. The molecule has 0 N–H and O–H groups in total. The molecular weight excluding hydrogens is 228 g/mol. The summed E-state index contributed by atoms with van der Waals surface area (Å²) >= 11 is 0. The van der Waals surface area contributed by atoms with Crippen molar-refractivity contribution >= 4 is 5.97 Å². The molecule has 3 nitrogen and oxygen atoms in total. The number of carbonyl (C=O) groups excluding carboxylic acids is 1. The second-order valence-electron chi connectivity index (χ2n) is 4.86. The van der Waals surface area contributed by atoms with Crippen LogP contribution in [0.2, 0.25) is 0 Å². The van der Waals surface area contributed by atoms with E-state index in [-0.39, 0.29) is 11.9 Å². The van der Waals surface area contributed by atoms with Crippen molar-refractivity contribution in [3.05, 3.63) is 29.3 Å². The zero-order chi connectivity index (χ0) is 13.7. The van der Waals surface area contributed by atoms with Crippen molar-refractivity contribution in [1.29, 1.82) is 0 Å². The first-order valence-corrected chi connectivity index (χ1v) is 6.35. The van der Waals surface area contributed by atoms with Gasteiger partial charge in [-0.05, 0) is 44.0 Å². The molecule has 0 saturated heterocycles. The number of hydrogen-bond donors (Lipinski definition) is 0. The zero-order valence-electron chi connectivity index (χ0n) is 11.8. The summed E-state index contributed by atoms with van der Waals surface area (Å²) in [6.45, 7) is 10.1. The molecule has 0 aromatic heterocycles. The molecule has 100 valence electrons. The molecule has 0 amide bonds. The molecule has 1 rings (SSSR count). The van der Waals surface area contributed by atoms with E-state index in [2.05, 4.69) is 6.07 Å². The van der Waals surface area contributed by atoms with Crippen LogP contribution in [-0.2, 0) is 9.53 Å². The Kier molecular flexibility index (Phi) is 5.20. The van der Waals surface area contributed by atoms with E-state index in [0.29, 0.717) is 6.61 Å². The lowest BCUT2D eigenvalue weighted by Gasteiger charge is -2.21. The van der Waals surface area contributed by atoms with E-state index in [9.17, 15) is 4.79 Å². The quantitative estimate of drug-likeness (QED) is 0.752. The fraction of sp³-hybridized carbons (Fsp3) is 0.533. The third kappa shape index (κ3) is 4.06. The number of carbonyl (C=O) groups is 1. The number of aryl methyl sites for hydroxylation is 2. The molecule has 0 spiro atoms. The van der Waals surface area contributed by atoms with Crippen molar-refractivity contribution in [3.63, 3.8) is 0 Å².